The molecule has 1 heterocycles. The maximum absolute atomic E-state index is 13.2. The topological polar surface area (TPSA) is 94.6 Å². The molecule has 0 spiro atoms. The fourth-order valence-electron chi connectivity index (χ4n) is 3.27. The van der Waals surface area contributed by atoms with Gasteiger partial charge in [0, 0.05) is 22.7 Å². The first-order valence-corrected chi connectivity index (χ1v) is 11.7. The average Bonchev–Trinajstić information content (AvgIpc) is 2.82. The van der Waals surface area contributed by atoms with E-state index in [1.807, 2.05) is 31.2 Å². The Balaban J connectivity index is 1.75. The molecule has 0 saturated carbocycles. The van der Waals surface area contributed by atoms with Crippen molar-refractivity contribution in [2.45, 2.75) is 11.8 Å². The lowest BCUT2D eigenvalue weighted by Crippen LogP contribution is -2.14. The summed E-state index contributed by atoms with van der Waals surface area (Å²) in [5, 5.41) is 0.499. The molecular formula is C25H21FN2O5S. The second-order valence-corrected chi connectivity index (χ2v) is 9.21. The third-order valence-electron chi connectivity index (χ3n) is 5.07. The van der Waals surface area contributed by atoms with Crippen LogP contribution in [0.4, 0.5) is 10.1 Å². The summed E-state index contributed by atoms with van der Waals surface area (Å²) in [4.78, 5) is 16.3. The first-order chi connectivity index (χ1) is 16.2. The molecule has 0 bridgehead atoms. The Morgan fingerprint density at radius 2 is 1.71 bits per heavy atom. The molecule has 9 heteroatoms. The minimum absolute atomic E-state index is 0.0796. The zero-order chi connectivity index (χ0) is 24.3. The summed E-state index contributed by atoms with van der Waals surface area (Å²) in [6, 6.07) is 18.8. The number of nitrogens with zero attached hydrogens (tertiary/aromatic N) is 1. The molecule has 0 atom stereocenters. The SMILES string of the molecule is COC(=O)COc1cc(-c2ccc(C)cc2)nc2ccc(NS(=O)(=O)c3ccc(F)cc3)cc12. The van der Waals surface area contributed by atoms with Crippen LogP contribution in [0.25, 0.3) is 22.2 Å². The Hall–Kier alpha value is -3.98. The van der Waals surface area contributed by atoms with Crippen LogP contribution in [-0.4, -0.2) is 33.1 Å². The fraction of sp³-hybridized carbons (Fsp3) is 0.120. The van der Waals surface area contributed by atoms with Crippen molar-refractivity contribution in [3.05, 3.63) is 84.2 Å². The fourth-order valence-corrected chi connectivity index (χ4v) is 4.32. The van der Waals surface area contributed by atoms with Crippen LogP contribution >= 0.6 is 0 Å². The number of aromatic nitrogens is 1. The molecule has 174 valence electrons. The molecule has 1 aromatic heterocycles. The Bertz CT molecular complexity index is 1450. The summed E-state index contributed by atoms with van der Waals surface area (Å²) in [5.74, 6) is -0.753. The van der Waals surface area contributed by atoms with Crippen LogP contribution in [0.15, 0.2) is 77.7 Å². The Kier molecular flexibility index (Phi) is 6.47. The quantitative estimate of drug-likeness (QED) is 0.385. The van der Waals surface area contributed by atoms with Gasteiger partial charge in [0.15, 0.2) is 6.61 Å². The predicted molar refractivity (Wildman–Crippen MR) is 127 cm³/mol. The van der Waals surface area contributed by atoms with Crippen molar-refractivity contribution < 1.29 is 27.1 Å². The van der Waals surface area contributed by atoms with Gasteiger partial charge in [-0.25, -0.2) is 22.6 Å². The molecule has 0 aliphatic rings. The zero-order valence-corrected chi connectivity index (χ0v) is 19.2. The molecule has 0 saturated heterocycles. The Morgan fingerprint density at radius 3 is 2.38 bits per heavy atom. The summed E-state index contributed by atoms with van der Waals surface area (Å²) < 4.78 is 51.5. The number of hydrogen-bond acceptors (Lipinski definition) is 6. The number of esters is 1. The van der Waals surface area contributed by atoms with E-state index in [2.05, 4.69) is 14.4 Å². The van der Waals surface area contributed by atoms with Gasteiger partial charge in [-0.1, -0.05) is 29.8 Å². The first-order valence-electron chi connectivity index (χ1n) is 10.2. The third kappa shape index (κ3) is 5.15. The van der Waals surface area contributed by atoms with Crippen molar-refractivity contribution in [1.82, 2.24) is 4.98 Å². The van der Waals surface area contributed by atoms with Crippen molar-refractivity contribution >= 4 is 32.6 Å². The number of aryl methyl sites for hydroxylation is 1. The normalized spacial score (nSPS) is 11.3. The van der Waals surface area contributed by atoms with E-state index in [9.17, 15) is 17.6 Å². The van der Waals surface area contributed by atoms with Crippen molar-refractivity contribution in [3.63, 3.8) is 0 Å². The number of sulfonamides is 1. The Labute approximate surface area is 196 Å². The maximum Gasteiger partial charge on any atom is 0.343 e. The van der Waals surface area contributed by atoms with Gasteiger partial charge in [0.2, 0.25) is 0 Å². The molecule has 7 nitrogen and oxygen atoms in total. The number of hydrogen-bond donors (Lipinski definition) is 1. The van der Waals surface area contributed by atoms with Gasteiger partial charge in [-0.3, -0.25) is 4.72 Å². The van der Waals surface area contributed by atoms with Crippen LogP contribution in [0, 0.1) is 12.7 Å². The number of anilines is 1. The van der Waals surface area contributed by atoms with Crippen LogP contribution in [0.3, 0.4) is 0 Å². The van der Waals surface area contributed by atoms with E-state index >= 15 is 0 Å². The van der Waals surface area contributed by atoms with Gasteiger partial charge in [-0.05, 0) is 49.4 Å². The second-order valence-electron chi connectivity index (χ2n) is 7.53. The summed E-state index contributed by atoms with van der Waals surface area (Å²) in [6.45, 7) is 1.66. The maximum atomic E-state index is 13.2. The van der Waals surface area contributed by atoms with Gasteiger partial charge in [-0.15, -0.1) is 0 Å². The van der Waals surface area contributed by atoms with Gasteiger partial charge < -0.3 is 9.47 Å². The van der Waals surface area contributed by atoms with Crippen molar-refractivity contribution in [3.8, 4) is 17.0 Å². The Morgan fingerprint density at radius 1 is 1.00 bits per heavy atom. The number of methoxy groups -OCH3 is 1. The number of carbonyl (C=O) groups is 1. The molecule has 0 radical (unpaired) electrons. The molecule has 0 fully saturated rings. The van der Waals surface area contributed by atoms with E-state index in [0.29, 0.717) is 22.3 Å². The zero-order valence-electron chi connectivity index (χ0n) is 18.4. The van der Waals surface area contributed by atoms with E-state index in [1.165, 1.54) is 19.2 Å². The van der Waals surface area contributed by atoms with E-state index in [-0.39, 0.29) is 17.2 Å². The number of benzene rings is 3. The number of fused-ring (bicyclic) bond motifs is 1. The van der Waals surface area contributed by atoms with Gasteiger partial charge in [0.1, 0.15) is 11.6 Å². The van der Waals surface area contributed by atoms with Crippen LogP contribution in [0.5, 0.6) is 5.75 Å². The van der Waals surface area contributed by atoms with Crippen molar-refractivity contribution in [2.75, 3.05) is 18.4 Å². The molecule has 0 amide bonds. The summed E-state index contributed by atoms with van der Waals surface area (Å²) in [7, 11) is -2.69. The van der Waals surface area contributed by atoms with Gasteiger partial charge in [-0.2, -0.15) is 0 Å². The average molecular weight is 481 g/mol. The number of ether oxygens (including phenoxy) is 2. The highest BCUT2D eigenvalue weighted by molar-refractivity contribution is 7.92. The summed E-state index contributed by atoms with van der Waals surface area (Å²) in [5.41, 5.74) is 3.39. The van der Waals surface area contributed by atoms with Gasteiger partial charge >= 0.3 is 5.97 Å². The van der Waals surface area contributed by atoms with Crippen molar-refractivity contribution in [2.24, 2.45) is 0 Å². The van der Waals surface area contributed by atoms with Gasteiger partial charge in [0.05, 0.1) is 23.2 Å². The number of rotatable bonds is 7. The lowest BCUT2D eigenvalue weighted by atomic mass is 10.1. The van der Waals surface area contributed by atoms with Crippen LogP contribution < -0.4 is 9.46 Å². The molecule has 4 rings (SSSR count). The molecule has 0 unspecified atom stereocenters. The van der Waals surface area contributed by atoms with Gasteiger partial charge in [0.25, 0.3) is 10.0 Å². The van der Waals surface area contributed by atoms with E-state index in [1.54, 1.807) is 24.3 Å². The molecule has 0 aliphatic carbocycles. The first kappa shape index (κ1) is 23.2. The largest absolute Gasteiger partial charge is 0.481 e. The number of nitrogens with one attached hydrogen (secondary N) is 1. The minimum Gasteiger partial charge on any atom is -0.481 e. The highest BCUT2D eigenvalue weighted by atomic mass is 32.2. The molecule has 4 aromatic rings. The number of halogens is 1. The highest BCUT2D eigenvalue weighted by Crippen LogP contribution is 2.32. The van der Waals surface area contributed by atoms with Crippen LogP contribution in [0.1, 0.15) is 5.56 Å². The third-order valence-corrected chi connectivity index (χ3v) is 6.46. The lowest BCUT2D eigenvalue weighted by Gasteiger charge is -2.13. The highest BCUT2D eigenvalue weighted by Gasteiger charge is 2.16. The van der Waals surface area contributed by atoms with E-state index < -0.39 is 21.8 Å². The minimum atomic E-state index is -3.95. The second kappa shape index (κ2) is 9.48. The van der Waals surface area contributed by atoms with Crippen LogP contribution in [0.2, 0.25) is 0 Å². The smallest absolute Gasteiger partial charge is 0.343 e. The van der Waals surface area contributed by atoms with Crippen LogP contribution in [-0.2, 0) is 19.6 Å². The molecule has 34 heavy (non-hydrogen) atoms. The number of pyridine rings is 1. The summed E-state index contributed by atoms with van der Waals surface area (Å²) >= 11 is 0. The molecular weight excluding hydrogens is 459 g/mol. The predicted octanol–water partition coefficient (Wildman–Crippen LogP) is 4.70. The monoisotopic (exact) mass is 480 g/mol. The van der Waals surface area contributed by atoms with Crippen molar-refractivity contribution in [1.29, 1.82) is 0 Å². The molecule has 0 aliphatic heterocycles. The summed E-state index contributed by atoms with van der Waals surface area (Å²) in [6.07, 6.45) is 0. The standard InChI is InChI=1S/C25H21FN2O5S/c1-16-3-5-17(6-4-16)23-14-24(33-15-25(29)32-2)21-13-19(9-12-22(21)27-23)28-34(30,31)20-10-7-18(26)8-11-20/h3-14,28H,15H2,1-2H3. The number of carbonyl (C=O) groups excluding carboxylic acids is 1. The van der Waals surface area contributed by atoms with E-state index in [0.717, 1.165) is 23.3 Å². The molecule has 1 N–H and O–H groups in total. The van der Waals surface area contributed by atoms with E-state index in [4.69, 9.17) is 4.74 Å². The lowest BCUT2D eigenvalue weighted by molar-refractivity contribution is -0.142. The molecule has 3 aromatic carbocycles.